The van der Waals surface area contributed by atoms with Gasteiger partial charge in [-0.25, -0.2) is 4.98 Å². The van der Waals surface area contributed by atoms with Gasteiger partial charge in [0.25, 0.3) is 0 Å². The standard InChI is InChI=1S/C21H22N8S/c1-2-4-18-16(3-1)23-19(30-18)13-28-7-9-29(10-8-28)17-11-15(14-5-6-14)12-22-20(17)21-24-26-27-25-21/h1-4,11-12,14H,5-10,13H2,(H,24,25,26,27). The summed E-state index contributed by atoms with van der Waals surface area (Å²) < 4.78 is 1.26. The van der Waals surface area contributed by atoms with Crippen molar-refractivity contribution in [3.63, 3.8) is 0 Å². The maximum Gasteiger partial charge on any atom is 0.225 e. The summed E-state index contributed by atoms with van der Waals surface area (Å²) >= 11 is 1.80. The number of hydrogen-bond donors (Lipinski definition) is 1. The van der Waals surface area contributed by atoms with E-state index in [1.54, 1.807) is 11.3 Å². The summed E-state index contributed by atoms with van der Waals surface area (Å²) in [5.41, 5.74) is 4.37. The van der Waals surface area contributed by atoms with Gasteiger partial charge in [-0.1, -0.05) is 12.1 Å². The second kappa shape index (κ2) is 7.41. The number of nitrogens with one attached hydrogen (secondary N) is 1. The van der Waals surface area contributed by atoms with E-state index in [9.17, 15) is 0 Å². The van der Waals surface area contributed by atoms with Gasteiger partial charge >= 0.3 is 0 Å². The molecule has 2 aliphatic rings. The first-order chi connectivity index (χ1) is 14.8. The number of thiazole rings is 1. The molecule has 1 saturated heterocycles. The Kier molecular flexibility index (Phi) is 4.42. The van der Waals surface area contributed by atoms with Crippen molar-refractivity contribution >= 4 is 27.2 Å². The van der Waals surface area contributed by atoms with Crippen LogP contribution in [-0.4, -0.2) is 61.7 Å². The molecule has 1 saturated carbocycles. The number of nitrogens with zero attached hydrogens (tertiary/aromatic N) is 7. The smallest absolute Gasteiger partial charge is 0.225 e. The number of hydrogen-bond acceptors (Lipinski definition) is 8. The Morgan fingerprint density at radius 3 is 2.73 bits per heavy atom. The van der Waals surface area contributed by atoms with E-state index in [1.165, 1.54) is 28.1 Å². The summed E-state index contributed by atoms with van der Waals surface area (Å²) in [6, 6.07) is 10.7. The molecular weight excluding hydrogens is 396 g/mol. The molecule has 9 heteroatoms. The minimum absolute atomic E-state index is 0.559. The van der Waals surface area contributed by atoms with Gasteiger partial charge in [-0.05, 0) is 47.7 Å². The molecule has 0 spiro atoms. The molecule has 30 heavy (non-hydrogen) atoms. The summed E-state index contributed by atoms with van der Waals surface area (Å²) in [4.78, 5) is 14.4. The molecule has 1 aliphatic heterocycles. The topological polar surface area (TPSA) is 86.7 Å². The van der Waals surface area contributed by atoms with Gasteiger partial charge in [-0.15, -0.1) is 21.5 Å². The van der Waals surface area contributed by atoms with Crippen molar-refractivity contribution < 1.29 is 0 Å². The van der Waals surface area contributed by atoms with Crippen molar-refractivity contribution in [3.8, 4) is 11.5 Å². The van der Waals surface area contributed by atoms with Crippen LogP contribution in [0.3, 0.4) is 0 Å². The summed E-state index contributed by atoms with van der Waals surface area (Å²) in [7, 11) is 0. The van der Waals surface area contributed by atoms with Gasteiger partial charge in [0.2, 0.25) is 5.82 Å². The highest BCUT2D eigenvalue weighted by molar-refractivity contribution is 7.18. The molecule has 152 valence electrons. The van der Waals surface area contributed by atoms with Crippen molar-refractivity contribution in [2.24, 2.45) is 0 Å². The van der Waals surface area contributed by atoms with Gasteiger partial charge in [0, 0.05) is 32.4 Å². The Morgan fingerprint density at radius 2 is 1.97 bits per heavy atom. The molecule has 6 rings (SSSR count). The molecule has 0 radical (unpaired) electrons. The monoisotopic (exact) mass is 418 g/mol. The Bertz CT molecular complexity index is 1130. The van der Waals surface area contributed by atoms with Crippen LogP contribution in [0.2, 0.25) is 0 Å². The Morgan fingerprint density at radius 1 is 1.10 bits per heavy atom. The first-order valence-electron chi connectivity index (χ1n) is 10.4. The number of benzene rings is 1. The molecule has 4 aromatic rings. The second-order valence-electron chi connectivity index (χ2n) is 7.98. The molecule has 1 aliphatic carbocycles. The van der Waals surface area contributed by atoms with Gasteiger partial charge in [-0.2, -0.15) is 5.21 Å². The molecule has 3 aromatic heterocycles. The third kappa shape index (κ3) is 3.44. The zero-order chi connectivity index (χ0) is 19.9. The van der Waals surface area contributed by atoms with E-state index in [2.05, 4.69) is 60.8 Å². The lowest BCUT2D eigenvalue weighted by Gasteiger charge is -2.36. The highest BCUT2D eigenvalue weighted by atomic mass is 32.1. The number of pyridine rings is 1. The fourth-order valence-electron chi connectivity index (χ4n) is 4.11. The van der Waals surface area contributed by atoms with E-state index in [0.717, 1.165) is 49.6 Å². The van der Waals surface area contributed by atoms with Crippen molar-refractivity contribution in [2.75, 3.05) is 31.1 Å². The fourth-order valence-corrected chi connectivity index (χ4v) is 5.12. The van der Waals surface area contributed by atoms with Crippen LogP contribution in [-0.2, 0) is 6.54 Å². The third-order valence-corrected chi connectivity index (χ3v) is 6.93. The van der Waals surface area contributed by atoms with Gasteiger partial charge < -0.3 is 4.90 Å². The third-order valence-electron chi connectivity index (χ3n) is 5.90. The van der Waals surface area contributed by atoms with Gasteiger partial charge in [0.15, 0.2) is 0 Å². The molecule has 0 atom stereocenters. The number of tetrazole rings is 1. The van der Waals surface area contributed by atoms with E-state index < -0.39 is 0 Å². The number of aromatic amines is 1. The Labute approximate surface area is 178 Å². The van der Waals surface area contributed by atoms with Gasteiger partial charge in [0.1, 0.15) is 10.7 Å². The van der Waals surface area contributed by atoms with Crippen LogP contribution < -0.4 is 4.90 Å². The fraction of sp³-hybridized carbons (Fsp3) is 0.381. The predicted molar refractivity (Wildman–Crippen MR) is 116 cm³/mol. The van der Waals surface area contributed by atoms with Crippen LogP contribution in [0, 0.1) is 0 Å². The zero-order valence-electron chi connectivity index (χ0n) is 16.5. The average Bonchev–Trinajstić information content (AvgIpc) is 3.33. The molecule has 0 amide bonds. The highest BCUT2D eigenvalue weighted by Crippen LogP contribution is 2.42. The van der Waals surface area contributed by atoms with Crippen LogP contribution in [0.15, 0.2) is 36.5 Å². The van der Waals surface area contributed by atoms with E-state index in [4.69, 9.17) is 9.97 Å². The maximum absolute atomic E-state index is 4.80. The minimum atomic E-state index is 0.559. The normalized spacial score (nSPS) is 17.7. The number of anilines is 1. The Balaban J connectivity index is 1.20. The van der Waals surface area contributed by atoms with Crippen LogP contribution >= 0.6 is 11.3 Å². The quantitative estimate of drug-likeness (QED) is 0.533. The van der Waals surface area contributed by atoms with E-state index in [1.807, 2.05) is 6.20 Å². The minimum Gasteiger partial charge on any atom is -0.367 e. The summed E-state index contributed by atoms with van der Waals surface area (Å²) in [6.07, 6.45) is 4.51. The largest absolute Gasteiger partial charge is 0.367 e. The SMILES string of the molecule is c1ccc2sc(CN3CCN(c4cc(C5CC5)cnc4-c4nn[nH]n4)CC3)nc2c1. The molecule has 1 N–H and O–H groups in total. The van der Waals surface area contributed by atoms with Crippen LogP contribution in [0.25, 0.3) is 21.7 Å². The van der Waals surface area contributed by atoms with Crippen molar-refractivity contribution in [3.05, 3.63) is 47.1 Å². The molecule has 0 bridgehead atoms. The highest BCUT2D eigenvalue weighted by Gasteiger charge is 2.28. The van der Waals surface area contributed by atoms with E-state index in [-0.39, 0.29) is 0 Å². The molecule has 0 unspecified atom stereocenters. The van der Waals surface area contributed by atoms with Crippen LogP contribution in [0.4, 0.5) is 5.69 Å². The van der Waals surface area contributed by atoms with Crippen molar-refractivity contribution in [1.82, 2.24) is 35.5 Å². The summed E-state index contributed by atoms with van der Waals surface area (Å²) in [5.74, 6) is 1.22. The molecule has 1 aromatic carbocycles. The maximum atomic E-state index is 4.80. The van der Waals surface area contributed by atoms with E-state index in [0.29, 0.717) is 11.7 Å². The number of piperazine rings is 1. The second-order valence-corrected chi connectivity index (χ2v) is 9.10. The molecular formula is C21H22N8S. The van der Waals surface area contributed by atoms with Gasteiger partial charge in [0.05, 0.1) is 22.4 Å². The van der Waals surface area contributed by atoms with E-state index >= 15 is 0 Å². The number of aromatic nitrogens is 6. The predicted octanol–water partition coefficient (Wildman–Crippen LogP) is 3.07. The lowest BCUT2D eigenvalue weighted by atomic mass is 10.1. The van der Waals surface area contributed by atoms with Gasteiger partial charge in [-0.3, -0.25) is 9.88 Å². The lowest BCUT2D eigenvalue weighted by Crippen LogP contribution is -2.46. The average molecular weight is 419 g/mol. The number of fused-ring (bicyclic) bond motifs is 1. The zero-order valence-corrected chi connectivity index (χ0v) is 17.3. The van der Waals surface area contributed by atoms with Crippen molar-refractivity contribution in [2.45, 2.75) is 25.3 Å². The Hall–Kier alpha value is -2.91. The lowest BCUT2D eigenvalue weighted by molar-refractivity contribution is 0.249. The summed E-state index contributed by atoms with van der Waals surface area (Å²) in [6.45, 7) is 4.80. The number of para-hydroxylation sites is 1. The van der Waals surface area contributed by atoms with Crippen LogP contribution in [0.5, 0.6) is 0 Å². The summed E-state index contributed by atoms with van der Waals surface area (Å²) in [5, 5.41) is 15.8. The first-order valence-corrected chi connectivity index (χ1v) is 11.2. The van der Waals surface area contributed by atoms with Crippen molar-refractivity contribution in [1.29, 1.82) is 0 Å². The molecule has 2 fully saturated rings. The van der Waals surface area contributed by atoms with Crippen LogP contribution in [0.1, 0.15) is 29.3 Å². The molecule has 4 heterocycles. The number of rotatable bonds is 5. The first kappa shape index (κ1) is 17.9. The number of H-pyrrole nitrogens is 1. The molecule has 8 nitrogen and oxygen atoms in total.